The molecule has 0 unspecified atom stereocenters. The lowest BCUT2D eigenvalue weighted by Crippen LogP contribution is -2.12. The topological polar surface area (TPSA) is 87.7 Å². The van der Waals surface area contributed by atoms with Gasteiger partial charge in [-0.2, -0.15) is 0 Å². The smallest absolute Gasteiger partial charge is 0.340 e. The van der Waals surface area contributed by atoms with E-state index >= 15 is 0 Å². The van der Waals surface area contributed by atoms with Crippen LogP contribution in [0.5, 0.6) is 0 Å². The number of hydrogen-bond donors (Lipinski definition) is 3. The fraction of sp³-hybridized carbons (Fsp3) is 0.167. The molecule has 0 radical (unpaired) electrons. The molecule has 0 heterocycles. The number of esters is 1. The minimum absolute atomic E-state index is 0.0400. The number of nitrogens with one attached hydrogen (secondary N) is 2. The van der Waals surface area contributed by atoms with Crippen LogP contribution in [0.3, 0.4) is 0 Å². The van der Waals surface area contributed by atoms with Crippen molar-refractivity contribution in [1.29, 1.82) is 0 Å². The van der Waals surface area contributed by atoms with Gasteiger partial charge in [-0.15, -0.1) is 0 Å². The summed E-state index contributed by atoms with van der Waals surface area (Å²) >= 11 is 0. The predicted molar refractivity (Wildman–Crippen MR) is 118 cm³/mol. The van der Waals surface area contributed by atoms with Crippen molar-refractivity contribution in [3.05, 3.63) is 82.9 Å². The van der Waals surface area contributed by atoms with Crippen molar-refractivity contribution in [3.63, 3.8) is 0 Å². The van der Waals surface area contributed by atoms with Crippen molar-refractivity contribution in [2.45, 2.75) is 20.8 Å². The van der Waals surface area contributed by atoms with Crippen molar-refractivity contribution in [1.82, 2.24) is 0 Å². The van der Waals surface area contributed by atoms with E-state index < -0.39 is 11.9 Å². The third kappa shape index (κ3) is 4.97. The quantitative estimate of drug-likeness (QED) is 0.440. The Bertz CT molecular complexity index is 1060. The van der Waals surface area contributed by atoms with Gasteiger partial charge in [-0.1, -0.05) is 35.4 Å². The van der Waals surface area contributed by atoms with Gasteiger partial charge in [0.2, 0.25) is 0 Å². The lowest BCUT2D eigenvalue weighted by atomic mass is 10.0. The van der Waals surface area contributed by atoms with Crippen LogP contribution in [0.2, 0.25) is 0 Å². The number of benzene rings is 3. The molecule has 0 saturated heterocycles. The zero-order valence-corrected chi connectivity index (χ0v) is 17.2. The number of aromatic carboxylic acids is 1. The molecule has 6 heteroatoms. The Morgan fingerprint density at radius 1 is 0.800 bits per heavy atom. The molecule has 154 valence electrons. The summed E-state index contributed by atoms with van der Waals surface area (Å²) in [5.74, 6) is -1.64. The molecule has 0 aromatic heterocycles. The van der Waals surface area contributed by atoms with E-state index in [1.807, 2.05) is 62.4 Å². The highest BCUT2D eigenvalue weighted by Crippen LogP contribution is 2.31. The Balaban J connectivity index is 2.07. The number of hydrogen-bond acceptors (Lipinski definition) is 5. The first-order chi connectivity index (χ1) is 14.4. The van der Waals surface area contributed by atoms with E-state index in [-0.39, 0.29) is 17.7 Å². The van der Waals surface area contributed by atoms with Crippen molar-refractivity contribution in [2.75, 3.05) is 17.2 Å². The summed E-state index contributed by atoms with van der Waals surface area (Å²) in [7, 11) is 0. The van der Waals surface area contributed by atoms with E-state index in [0.717, 1.165) is 22.5 Å². The number of aryl methyl sites for hydroxylation is 2. The average Bonchev–Trinajstić information content (AvgIpc) is 2.72. The number of ether oxygens (including phenoxy) is 1. The van der Waals surface area contributed by atoms with Crippen LogP contribution in [0.15, 0.2) is 60.7 Å². The summed E-state index contributed by atoms with van der Waals surface area (Å²) in [4.78, 5) is 24.5. The molecule has 0 atom stereocenters. The van der Waals surface area contributed by atoms with Crippen LogP contribution in [0.4, 0.5) is 22.7 Å². The van der Waals surface area contributed by atoms with E-state index in [4.69, 9.17) is 4.74 Å². The van der Waals surface area contributed by atoms with E-state index in [2.05, 4.69) is 10.6 Å². The van der Waals surface area contributed by atoms with Crippen LogP contribution in [-0.4, -0.2) is 23.7 Å². The van der Waals surface area contributed by atoms with Crippen molar-refractivity contribution in [3.8, 4) is 0 Å². The Morgan fingerprint density at radius 2 is 1.23 bits per heavy atom. The largest absolute Gasteiger partial charge is 0.478 e. The van der Waals surface area contributed by atoms with E-state index in [1.165, 1.54) is 12.1 Å². The monoisotopic (exact) mass is 404 g/mol. The summed E-state index contributed by atoms with van der Waals surface area (Å²) in [6.07, 6.45) is 0. The van der Waals surface area contributed by atoms with Crippen molar-refractivity contribution >= 4 is 34.7 Å². The fourth-order valence-corrected chi connectivity index (χ4v) is 2.95. The predicted octanol–water partition coefficient (Wildman–Crippen LogP) is 5.67. The number of rotatable bonds is 7. The molecule has 0 saturated carbocycles. The molecular formula is C24H24N2O4. The fourth-order valence-electron chi connectivity index (χ4n) is 2.95. The normalized spacial score (nSPS) is 10.4. The number of carboxylic acid groups (broad SMARTS) is 1. The second kappa shape index (κ2) is 9.13. The van der Waals surface area contributed by atoms with E-state index in [0.29, 0.717) is 11.4 Å². The molecule has 0 aliphatic rings. The standard InChI is InChI=1S/C24H24N2O4/c1-4-30-24(29)20-14-21(25-17-9-5-15(2)6-10-17)19(23(27)28)13-22(20)26-18-11-7-16(3)8-12-18/h5-14,25-26H,4H2,1-3H3,(H,27,28). The lowest BCUT2D eigenvalue weighted by Gasteiger charge is -2.17. The van der Waals surface area contributed by atoms with Gasteiger partial charge in [-0.3, -0.25) is 0 Å². The molecule has 0 aliphatic carbocycles. The first-order valence-corrected chi connectivity index (χ1v) is 9.63. The molecule has 3 aromatic rings. The summed E-state index contributed by atoms with van der Waals surface area (Å²) in [6, 6.07) is 18.1. The van der Waals surface area contributed by atoms with Crippen LogP contribution in [0.25, 0.3) is 0 Å². The van der Waals surface area contributed by atoms with Crippen LogP contribution in [0.1, 0.15) is 38.8 Å². The number of carbonyl (C=O) groups is 2. The second-order valence-electron chi connectivity index (χ2n) is 6.95. The maximum absolute atomic E-state index is 12.6. The molecule has 0 spiro atoms. The van der Waals surface area contributed by atoms with Gasteiger partial charge in [0.1, 0.15) is 0 Å². The van der Waals surface area contributed by atoms with Gasteiger partial charge >= 0.3 is 11.9 Å². The molecular weight excluding hydrogens is 380 g/mol. The van der Waals surface area contributed by atoms with Gasteiger partial charge in [0.05, 0.1) is 29.1 Å². The molecule has 3 aromatic carbocycles. The third-order valence-corrected chi connectivity index (χ3v) is 4.54. The zero-order chi connectivity index (χ0) is 21.7. The SMILES string of the molecule is CCOC(=O)c1cc(Nc2ccc(C)cc2)c(C(=O)O)cc1Nc1ccc(C)cc1. The molecule has 0 amide bonds. The molecule has 3 rings (SSSR count). The van der Waals surface area contributed by atoms with Crippen molar-refractivity contribution in [2.24, 2.45) is 0 Å². The first kappa shape index (κ1) is 20.9. The summed E-state index contributed by atoms with van der Waals surface area (Å²) in [5.41, 5.74) is 4.60. The van der Waals surface area contributed by atoms with Crippen LogP contribution < -0.4 is 10.6 Å². The Labute approximate surface area is 175 Å². The first-order valence-electron chi connectivity index (χ1n) is 9.63. The third-order valence-electron chi connectivity index (χ3n) is 4.54. The Hall–Kier alpha value is -3.80. The molecule has 3 N–H and O–H groups in total. The number of carbonyl (C=O) groups excluding carboxylic acids is 1. The molecule has 0 aliphatic heterocycles. The van der Waals surface area contributed by atoms with Crippen LogP contribution in [-0.2, 0) is 4.74 Å². The maximum atomic E-state index is 12.6. The highest BCUT2D eigenvalue weighted by molar-refractivity contribution is 6.03. The van der Waals surface area contributed by atoms with Crippen LogP contribution in [0, 0.1) is 13.8 Å². The van der Waals surface area contributed by atoms with Gasteiger partial charge in [-0.05, 0) is 57.2 Å². The Kier molecular flexibility index (Phi) is 6.37. The van der Waals surface area contributed by atoms with Gasteiger partial charge in [-0.25, -0.2) is 9.59 Å². The highest BCUT2D eigenvalue weighted by atomic mass is 16.5. The highest BCUT2D eigenvalue weighted by Gasteiger charge is 2.20. The van der Waals surface area contributed by atoms with E-state index in [1.54, 1.807) is 6.92 Å². The summed E-state index contributed by atoms with van der Waals surface area (Å²) in [6.45, 7) is 5.88. The number of carboxylic acids is 1. The lowest BCUT2D eigenvalue weighted by molar-refractivity contribution is 0.0526. The average molecular weight is 404 g/mol. The van der Waals surface area contributed by atoms with Gasteiger partial charge < -0.3 is 20.5 Å². The molecule has 30 heavy (non-hydrogen) atoms. The summed E-state index contributed by atoms with van der Waals surface area (Å²) in [5, 5.41) is 16.0. The summed E-state index contributed by atoms with van der Waals surface area (Å²) < 4.78 is 5.19. The zero-order valence-electron chi connectivity index (χ0n) is 17.2. The second-order valence-corrected chi connectivity index (χ2v) is 6.95. The minimum Gasteiger partial charge on any atom is -0.478 e. The molecule has 0 fully saturated rings. The van der Waals surface area contributed by atoms with Gasteiger partial charge in [0, 0.05) is 11.4 Å². The van der Waals surface area contributed by atoms with Gasteiger partial charge in [0.25, 0.3) is 0 Å². The van der Waals surface area contributed by atoms with Gasteiger partial charge in [0.15, 0.2) is 0 Å². The van der Waals surface area contributed by atoms with Crippen molar-refractivity contribution < 1.29 is 19.4 Å². The minimum atomic E-state index is -1.10. The molecule has 0 bridgehead atoms. The van der Waals surface area contributed by atoms with E-state index in [9.17, 15) is 14.7 Å². The Morgan fingerprint density at radius 3 is 1.67 bits per heavy atom. The molecule has 6 nitrogen and oxygen atoms in total. The number of anilines is 4. The van der Waals surface area contributed by atoms with Crippen LogP contribution >= 0.6 is 0 Å². The maximum Gasteiger partial charge on any atom is 0.340 e.